The van der Waals surface area contributed by atoms with Crippen LogP contribution < -0.4 is 10.9 Å². The second-order valence-electron chi connectivity index (χ2n) is 7.94. The summed E-state index contributed by atoms with van der Waals surface area (Å²) in [4.78, 5) is 22.8. The largest absolute Gasteiger partial charge is 0.417 e. The predicted octanol–water partition coefficient (Wildman–Crippen LogP) is 8.99. The monoisotopic (exact) mass is 629 g/mol. The number of amides is 1. The molecule has 0 heterocycles. The lowest BCUT2D eigenvalue weighted by Crippen LogP contribution is -2.31. The number of allylic oxidation sites excluding steroid dienone is 1. The number of nitro benzene ring substituents is 1. The fourth-order valence-electron chi connectivity index (χ4n) is 3.43. The summed E-state index contributed by atoms with van der Waals surface area (Å²) in [6, 6.07) is 7.84. The third-order valence-electron chi connectivity index (χ3n) is 5.29. The van der Waals surface area contributed by atoms with Gasteiger partial charge in [0.1, 0.15) is 17.4 Å². The van der Waals surface area contributed by atoms with Crippen LogP contribution in [0, 0.1) is 10.1 Å². The highest BCUT2D eigenvalue weighted by molar-refractivity contribution is 6.48. The molecule has 0 aliphatic heterocycles. The lowest BCUT2D eigenvalue weighted by molar-refractivity contribution is -0.384. The number of anilines is 1. The molecule has 1 amide bonds. The Kier molecular flexibility index (Phi) is 9.22. The molecule has 2 N–H and O–H groups in total. The van der Waals surface area contributed by atoms with Gasteiger partial charge in [0.25, 0.3) is 11.6 Å². The summed E-state index contributed by atoms with van der Waals surface area (Å²) >= 11 is 17.3. The average molecular weight is 631 g/mol. The van der Waals surface area contributed by atoms with Crippen LogP contribution in [0.4, 0.5) is 42.1 Å². The van der Waals surface area contributed by atoms with Crippen LogP contribution >= 0.6 is 34.8 Å². The number of alkyl halides is 6. The lowest BCUT2D eigenvalue weighted by Gasteiger charge is -2.19. The molecule has 0 saturated heterocycles. The van der Waals surface area contributed by atoms with Crippen LogP contribution in [0.5, 0.6) is 0 Å². The van der Waals surface area contributed by atoms with E-state index in [0.717, 1.165) is 18.2 Å². The molecule has 0 spiro atoms. The van der Waals surface area contributed by atoms with E-state index in [9.17, 15) is 45.6 Å². The van der Waals surface area contributed by atoms with E-state index in [0.29, 0.717) is 12.1 Å². The summed E-state index contributed by atoms with van der Waals surface area (Å²) in [5.74, 6) is -5.79. The van der Waals surface area contributed by atoms with Crippen LogP contribution in [-0.4, -0.2) is 17.0 Å². The summed E-state index contributed by atoms with van der Waals surface area (Å²) in [7, 11) is 0. The number of halogens is 10. The number of hydrazine groups is 1. The highest BCUT2D eigenvalue weighted by atomic mass is 35.5. The number of nitrogens with zero attached hydrogens (tertiary/aromatic N) is 1. The van der Waals surface area contributed by atoms with E-state index >= 15 is 0 Å². The van der Waals surface area contributed by atoms with Gasteiger partial charge < -0.3 is 0 Å². The number of carbonyl (C=O) groups is 1. The predicted molar refractivity (Wildman–Crippen MR) is 135 cm³/mol. The molecule has 3 rings (SSSR count). The number of nitro groups is 1. The van der Waals surface area contributed by atoms with Gasteiger partial charge in [0, 0.05) is 11.6 Å². The summed E-state index contributed by atoms with van der Waals surface area (Å²) in [6.45, 7) is 0. The highest BCUT2D eigenvalue weighted by Gasteiger charge is 2.41. The van der Waals surface area contributed by atoms with E-state index in [2.05, 4.69) is 5.43 Å². The molecule has 0 aromatic heterocycles. The maximum absolute atomic E-state index is 15.0. The Labute approximate surface area is 235 Å². The van der Waals surface area contributed by atoms with Crippen molar-refractivity contribution in [2.45, 2.75) is 18.3 Å². The molecular weight excluding hydrogens is 618 g/mol. The SMILES string of the molecule is O=C(NNc1ccccc1[N+](=O)[O-])c1ccc(/C(F)=C/C(c2cc(Cl)c(Cl)c(Cl)c2)C(F)(F)F)cc1C(F)(F)F. The molecule has 3 aromatic rings. The number of rotatable bonds is 7. The minimum atomic E-state index is -5.25. The van der Waals surface area contributed by atoms with E-state index in [1.165, 1.54) is 18.2 Å². The first-order chi connectivity index (χ1) is 18.5. The Balaban J connectivity index is 1.99. The normalized spacial score (nSPS) is 13.1. The molecule has 0 saturated carbocycles. The van der Waals surface area contributed by atoms with Crippen LogP contribution in [-0.2, 0) is 6.18 Å². The molecule has 0 bridgehead atoms. The molecule has 0 fully saturated rings. The Bertz CT molecular complexity index is 1470. The molecule has 3 aromatic carbocycles. The summed E-state index contributed by atoms with van der Waals surface area (Å²) < 4.78 is 97.6. The van der Waals surface area contributed by atoms with Gasteiger partial charge in [0.2, 0.25) is 0 Å². The summed E-state index contributed by atoms with van der Waals surface area (Å²) in [6.07, 6.45) is -10.3. The van der Waals surface area contributed by atoms with Crippen molar-refractivity contribution in [3.8, 4) is 0 Å². The van der Waals surface area contributed by atoms with Crippen LogP contribution in [0.1, 0.15) is 33.0 Å². The molecule has 0 aliphatic carbocycles. The van der Waals surface area contributed by atoms with E-state index in [1.54, 1.807) is 0 Å². The Morgan fingerprint density at radius 3 is 2.10 bits per heavy atom. The fraction of sp³-hybridized carbons (Fsp3) is 0.125. The minimum absolute atomic E-state index is 0.0290. The van der Waals surface area contributed by atoms with Gasteiger partial charge in [0.05, 0.1) is 31.1 Å². The van der Waals surface area contributed by atoms with Gasteiger partial charge in [-0.1, -0.05) is 53.0 Å². The van der Waals surface area contributed by atoms with Crippen molar-refractivity contribution in [3.05, 3.63) is 108 Å². The van der Waals surface area contributed by atoms with Crippen molar-refractivity contribution in [3.63, 3.8) is 0 Å². The molecule has 1 atom stereocenters. The van der Waals surface area contributed by atoms with Gasteiger partial charge >= 0.3 is 12.4 Å². The van der Waals surface area contributed by atoms with Gasteiger partial charge in [-0.15, -0.1) is 0 Å². The first-order valence-electron chi connectivity index (χ1n) is 10.6. The summed E-state index contributed by atoms with van der Waals surface area (Å²) in [5.41, 5.74) is -1.02. The minimum Gasteiger partial charge on any atom is -0.292 e. The lowest BCUT2D eigenvalue weighted by atomic mass is 9.95. The topological polar surface area (TPSA) is 84.3 Å². The Morgan fingerprint density at radius 1 is 0.950 bits per heavy atom. The molecule has 0 radical (unpaired) electrons. The van der Waals surface area contributed by atoms with Crippen LogP contribution in [0.25, 0.3) is 5.83 Å². The number of benzene rings is 3. The second-order valence-corrected chi connectivity index (χ2v) is 9.14. The van der Waals surface area contributed by atoms with E-state index in [-0.39, 0.29) is 32.9 Å². The van der Waals surface area contributed by atoms with Crippen molar-refractivity contribution in [2.75, 3.05) is 5.43 Å². The maximum Gasteiger partial charge on any atom is 0.417 e. The van der Waals surface area contributed by atoms with Crippen molar-refractivity contribution in [2.24, 2.45) is 0 Å². The first-order valence-corrected chi connectivity index (χ1v) is 11.7. The number of nitrogens with one attached hydrogen (secondary N) is 2. The van der Waals surface area contributed by atoms with Crippen molar-refractivity contribution < 1.29 is 40.5 Å². The van der Waals surface area contributed by atoms with E-state index in [1.807, 2.05) is 5.43 Å². The molecular formula is C24H13Cl3F7N3O3. The van der Waals surface area contributed by atoms with E-state index in [4.69, 9.17) is 34.8 Å². The smallest absolute Gasteiger partial charge is 0.292 e. The Hall–Kier alpha value is -3.55. The number of hydrogen-bond donors (Lipinski definition) is 2. The molecule has 212 valence electrons. The Morgan fingerprint density at radius 2 is 1.55 bits per heavy atom. The van der Waals surface area contributed by atoms with Gasteiger partial charge in [-0.3, -0.25) is 25.8 Å². The van der Waals surface area contributed by atoms with E-state index < -0.39 is 62.9 Å². The number of carbonyl (C=O) groups excluding carboxylic acids is 1. The zero-order valence-electron chi connectivity index (χ0n) is 19.3. The highest BCUT2D eigenvalue weighted by Crippen LogP contribution is 2.43. The van der Waals surface area contributed by atoms with Gasteiger partial charge in [-0.2, -0.15) is 26.3 Å². The van der Waals surface area contributed by atoms with Crippen LogP contribution in [0.3, 0.4) is 0 Å². The number of para-hydroxylation sites is 2. The molecule has 40 heavy (non-hydrogen) atoms. The third-order valence-corrected chi connectivity index (χ3v) is 6.48. The standard InChI is InChI=1S/C24H13Cl3F7N3O3/c25-16-8-12(9-17(26)21(16)27)14(23(29,30)31)10-18(28)11-5-6-13(15(7-11)24(32,33)34)22(38)36-35-19-3-1-2-4-20(19)37(39)40/h1-10,14,35H,(H,36,38)/b18-10-. The van der Waals surface area contributed by atoms with Gasteiger partial charge in [-0.25, -0.2) is 4.39 Å². The first kappa shape index (κ1) is 31.0. The van der Waals surface area contributed by atoms with Gasteiger partial charge in [0.15, 0.2) is 0 Å². The number of hydrogen-bond acceptors (Lipinski definition) is 4. The summed E-state index contributed by atoms with van der Waals surface area (Å²) in [5, 5.41) is 10.1. The van der Waals surface area contributed by atoms with Crippen molar-refractivity contribution in [1.29, 1.82) is 0 Å². The molecule has 0 aliphatic rings. The van der Waals surface area contributed by atoms with Crippen LogP contribution in [0.15, 0.2) is 60.7 Å². The quantitative estimate of drug-likeness (QED) is 0.118. The zero-order valence-corrected chi connectivity index (χ0v) is 21.6. The average Bonchev–Trinajstić information content (AvgIpc) is 2.87. The molecule has 6 nitrogen and oxygen atoms in total. The molecule has 16 heteroatoms. The fourth-order valence-corrected chi connectivity index (χ4v) is 4.05. The second kappa shape index (κ2) is 11.9. The van der Waals surface area contributed by atoms with Crippen molar-refractivity contribution >= 4 is 57.9 Å². The third kappa shape index (κ3) is 7.14. The van der Waals surface area contributed by atoms with Crippen molar-refractivity contribution in [1.82, 2.24) is 5.43 Å². The maximum atomic E-state index is 15.0. The molecule has 1 unspecified atom stereocenters. The van der Waals surface area contributed by atoms with Gasteiger partial charge in [-0.05, 0) is 42.0 Å². The zero-order chi connectivity index (χ0) is 30.0. The van der Waals surface area contributed by atoms with Crippen LogP contribution in [0.2, 0.25) is 15.1 Å².